The molecule has 0 aliphatic rings. The predicted molar refractivity (Wildman–Crippen MR) is 56.9 cm³/mol. The number of primary amides is 1. The number of pyridine rings is 1. The third-order valence-electron chi connectivity index (χ3n) is 1.71. The van der Waals surface area contributed by atoms with Crippen LogP contribution < -0.4 is 21.1 Å². The first kappa shape index (κ1) is 11.1. The van der Waals surface area contributed by atoms with E-state index in [0.29, 0.717) is 24.7 Å². The molecule has 2 amide bonds. The van der Waals surface area contributed by atoms with Gasteiger partial charge in [-0.15, -0.1) is 0 Å². The molecular formula is C9H14N4O2. The minimum atomic E-state index is -0.537. The van der Waals surface area contributed by atoms with Crippen LogP contribution in [0, 0.1) is 0 Å². The molecule has 0 unspecified atom stereocenters. The Hall–Kier alpha value is -1.98. The lowest BCUT2D eigenvalue weighted by atomic mass is 10.4. The number of ether oxygens (including phenoxy) is 1. The normalized spacial score (nSPS) is 9.40. The van der Waals surface area contributed by atoms with Gasteiger partial charge in [0, 0.05) is 19.3 Å². The van der Waals surface area contributed by atoms with Gasteiger partial charge in [-0.3, -0.25) is 0 Å². The Morgan fingerprint density at radius 3 is 3.07 bits per heavy atom. The molecule has 0 fully saturated rings. The molecule has 82 valence electrons. The first-order valence-corrected chi connectivity index (χ1v) is 4.50. The number of aromatic nitrogens is 1. The highest BCUT2D eigenvalue weighted by Crippen LogP contribution is 2.19. The topological polar surface area (TPSA) is 89.3 Å². The van der Waals surface area contributed by atoms with Gasteiger partial charge in [-0.05, 0) is 12.1 Å². The number of methoxy groups -OCH3 is 1. The molecule has 0 saturated heterocycles. The van der Waals surface area contributed by atoms with Crippen molar-refractivity contribution in [3.05, 3.63) is 18.3 Å². The maximum atomic E-state index is 10.4. The molecule has 0 atom stereocenters. The van der Waals surface area contributed by atoms with E-state index in [2.05, 4.69) is 15.6 Å². The first-order valence-electron chi connectivity index (χ1n) is 4.50. The molecule has 0 spiro atoms. The van der Waals surface area contributed by atoms with Crippen LogP contribution in [0.5, 0.6) is 5.75 Å². The zero-order chi connectivity index (χ0) is 11.1. The average Bonchev–Trinajstić information content (AvgIpc) is 2.24. The number of amides is 2. The highest BCUT2D eigenvalue weighted by molar-refractivity contribution is 5.71. The van der Waals surface area contributed by atoms with Gasteiger partial charge in [-0.1, -0.05) is 0 Å². The number of carbonyl (C=O) groups excluding carboxylic acids is 1. The van der Waals surface area contributed by atoms with Gasteiger partial charge in [0.25, 0.3) is 0 Å². The summed E-state index contributed by atoms with van der Waals surface area (Å²) in [5.74, 6) is 1.31. The van der Waals surface area contributed by atoms with Gasteiger partial charge in [-0.2, -0.15) is 0 Å². The number of hydrogen-bond acceptors (Lipinski definition) is 4. The fraction of sp³-hybridized carbons (Fsp3) is 0.333. The largest absolute Gasteiger partial charge is 0.493 e. The quantitative estimate of drug-likeness (QED) is 0.604. The van der Waals surface area contributed by atoms with Gasteiger partial charge in [-0.25, -0.2) is 9.78 Å². The predicted octanol–water partition coefficient (Wildman–Crippen LogP) is 0.170. The number of hydrogen-bond donors (Lipinski definition) is 3. The molecular weight excluding hydrogens is 196 g/mol. The van der Waals surface area contributed by atoms with Crippen molar-refractivity contribution in [3.63, 3.8) is 0 Å². The number of anilines is 1. The summed E-state index contributed by atoms with van der Waals surface area (Å²) in [6.07, 6.45) is 1.66. The van der Waals surface area contributed by atoms with Crippen molar-refractivity contribution in [1.82, 2.24) is 10.3 Å². The van der Waals surface area contributed by atoms with E-state index in [-0.39, 0.29) is 0 Å². The van der Waals surface area contributed by atoms with Gasteiger partial charge in [0.15, 0.2) is 11.6 Å². The Balaban J connectivity index is 2.39. The van der Waals surface area contributed by atoms with Gasteiger partial charge in [0.2, 0.25) is 0 Å². The lowest BCUT2D eigenvalue weighted by Gasteiger charge is -2.09. The number of nitrogens with two attached hydrogens (primary N) is 1. The second kappa shape index (κ2) is 5.69. The number of rotatable bonds is 5. The van der Waals surface area contributed by atoms with Crippen LogP contribution in [0.4, 0.5) is 10.6 Å². The number of carbonyl (C=O) groups is 1. The average molecular weight is 210 g/mol. The third-order valence-corrected chi connectivity index (χ3v) is 1.71. The highest BCUT2D eigenvalue weighted by atomic mass is 16.5. The van der Waals surface area contributed by atoms with Crippen molar-refractivity contribution in [1.29, 1.82) is 0 Å². The van der Waals surface area contributed by atoms with Crippen LogP contribution in [0.15, 0.2) is 18.3 Å². The fourth-order valence-corrected chi connectivity index (χ4v) is 1.05. The van der Waals surface area contributed by atoms with Gasteiger partial charge < -0.3 is 21.1 Å². The lowest BCUT2D eigenvalue weighted by molar-refractivity contribution is 0.249. The van der Waals surface area contributed by atoms with Gasteiger partial charge in [0.05, 0.1) is 7.11 Å². The minimum absolute atomic E-state index is 0.440. The summed E-state index contributed by atoms with van der Waals surface area (Å²) in [6.45, 7) is 0.978. The van der Waals surface area contributed by atoms with Crippen LogP contribution >= 0.6 is 0 Å². The minimum Gasteiger partial charge on any atom is -0.493 e. The standard InChI is InChI=1S/C9H14N4O2/c1-15-7-3-2-4-11-8(7)12-5-6-13-9(10)14/h2-4H,5-6H2,1H3,(H,11,12)(H3,10,13,14). The van der Waals surface area contributed by atoms with E-state index in [1.165, 1.54) is 0 Å². The van der Waals surface area contributed by atoms with E-state index in [1.54, 1.807) is 25.4 Å². The molecule has 1 rings (SSSR count). The summed E-state index contributed by atoms with van der Waals surface area (Å²) in [5.41, 5.74) is 4.91. The molecule has 1 heterocycles. The van der Waals surface area contributed by atoms with Crippen molar-refractivity contribution in [2.75, 3.05) is 25.5 Å². The molecule has 0 radical (unpaired) electrons. The molecule has 4 N–H and O–H groups in total. The maximum absolute atomic E-state index is 10.4. The molecule has 6 nitrogen and oxygen atoms in total. The smallest absolute Gasteiger partial charge is 0.312 e. The van der Waals surface area contributed by atoms with Crippen LogP contribution in [0.25, 0.3) is 0 Å². The molecule has 0 aliphatic carbocycles. The lowest BCUT2D eigenvalue weighted by Crippen LogP contribution is -2.33. The van der Waals surface area contributed by atoms with Crippen molar-refractivity contribution in [3.8, 4) is 5.75 Å². The Labute approximate surface area is 87.8 Å². The highest BCUT2D eigenvalue weighted by Gasteiger charge is 2.01. The molecule has 15 heavy (non-hydrogen) atoms. The summed E-state index contributed by atoms with van der Waals surface area (Å²) in [5, 5.41) is 5.47. The zero-order valence-corrected chi connectivity index (χ0v) is 8.49. The Morgan fingerprint density at radius 2 is 2.40 bits per heavy atom. The van der Waals surface area contributed by atoms with Gasteiger partial charge >= 0.3 is 6.03 Å². The first-order chi connectivity index (χ1) is 7.24. The summed E-state index contributed by atoms with van der Waals surface area (Å²) in [6, 6.07) is 3.05. The summed E-state index contributed by atoms with van der Waals surface area (Å²) in [4.78, 5) is 14.5. The van der Waals surface area contributed by atoms with E-state index in [1.807, 2.05) is 0 Å². The van der Waals surface area contributed by atoms with Crippen molar-refractivity contribution in [2.45, 2.75) is 0 Å². The van der Waals surface area contributed by atoms with Crippen LogP contribution in [-0.4, -0.2) is 31.2 Å². The Morgan fingerprint density at radius 1 is 1.60 bits per heavy atom. The molecule has 1 aromatic heterocycles. The van der Waals surface area contributed by atoms with E-state index in [0.717, 1.165) is 0 Å². The van der Waals surface area contributed by atoms with E-state index in [4.69, 9.17) is 10.5 Å². The van der Waals surface area contributed by atoms with Crippen LogP contribution in [0.3, 0.4) is 0 Å². The second-order valence-corrected chi connectivity index (χ2v) is 2.77. The molecule has 6 heteroatoms. The Kier molecular flexibility index (Phi) is 4.21. The maximum Gasteiger partial charge on any atom is 0.312 e. The second-order valence-electron chi connectivity index (χ2n) is 2.77. The fourth-order valence-electron chi connectivity index (χ4n) is 1.05. The van der Waals surface area contributed by atoms with Crippen molar-refractivity contribution < 1.29 is 9.53 Å². The molecule has 0 aromatic carbocycles. The molecule has 0 bridgehead atoms. The third kappa shape index (κ3) is 3.72. The van der Waals surface area contributed by atoms with Crippen molar-refractivity contribution >= 4 is 11.8 Å². The van der Waals surface area contributed by atoms with Crippen LogP contribution in [0.1, 0.15) is 0 Å². The monoisotopic (exact) mass is 210 g/mol. The molecule has 0 aliphatic heterocycles. The molecule has 0 saturated carbocycles. The van der Waals surface area contributed by atoms with Crippen LogP contribution in [-0.2, 0) is 0 Å². The van der Waals surface area contributed by atoms with Gasteiger partial charge in [0.1, 0.15) is 0 Å². The van der Waals surface area contributed by atoms with E-state index < -0.39 is 6.03 Å². The van der Waals surface area contributed by atoms with E-state index >= 15 is 0 Å². The zero-order valence-electron chi connectivity index (χ0n) is 8.49. The summed E-state index contributed by atoms with van der Waals surface area (Å²) < 4.78 is 5.09. The number of urea groups is 1. The summed E-state index contributed by atoms with van der Waals surface area (Å²) in [7, 11) is 1.57. The summed E-state index contributed by atoms with van der Waals surface area (Å²) >= 11 is 0. The van der Waals surface area contributed by atoms with E-state index in [9.17, 15) is 4.79 Å². The molecule has 1 aromatic rings. The van der Waals surface area contributed by atoms with Crippen molar-refractivity contribution in [2.24, 2.45) is 5.73 Å². The number of nitrogens with one attached hydrogen (secondary N) is 2. The Bertz CT molecular complexity index is 330. The van der Waals surface area contributed by atoms with Crippen LogP contribution in [0.2, 0.25) is 0 Å². The SMILES string of the molecule is COc1cccnc1NCCNC(N)=O. The number of nitrogens with zero attached hydrogens (tertiary/aromatic N) is 1.